The molecule has 0 aromatic carbocycles. The van der Waals surface area contributed by atoms with Gasteiger partial charge >= 0.3 is 0 Å². The van der Waals surface area contributed by atoms with Gasteiger partial charge in [-0.2, -0.15) is 0 Å². The van der Waals surface area contributed by atoms with Gasteiger partial charge in [0.2, 0.25) is 0 Å². The Hall–Kier alpha value is -1.62. The first-order valence-electron chi connectivity index (χ1n) is 6.23. The lowest BCUT2D eigenvalue weighted by Crippen LogP contribution is -2.28. The van der Waals surface area contributed by atoms with E-state index in [1.165, 1.54) is 0 Å². The first-order valence-corrected chi connectivity index (χ1v) is 6.23. The van der Waals surface area contributed by atoms with Crippen LogP contribution in [0.5, 0.6) is 0 Å². The molecule has 5 heteroatoms. The summed E-state index contributed by atoms with van der Waals surface area (Å²) >= 11 is 0. The molecule has 1 amide bonds. The highest BCUT2D eigenvalue weighted by Gasteiger charge is 2.06. The molecule has 0 aliphatic heterocycles. The van der Waals surface area contributed by atoms with Crippen molar-refractivity contribution < 1.29 is 9.53 Å². The maximum Gasteiger partial charge on any atom is 0.251 e. The van der Waals surface area contributed by atoms with Crippen LogP contribution in [0, 0.1) is 0 Å². The number of hydrogen-bond donors (Lipinski definition) is 2. The normalized spacial score (nSPS) is 10.4. The molecule has 0 unspecified atom stereocenters. The van der Waals surface area contributed by atoms with Gasteiger partial charge in [-0.05, 0) is 32.9 Å². The second-order valence-electron chi connectivity index (χ2n) is 4.14. The van der Waals surface area contributed by atoms with E-state index in [0.717, 1.165) is 6.54 Å². The van der Waals surface area contributed by atoms with Gasteiger partial charge < -0.3 is 15.4 Å². The van der Waals surface area contributed by atoms with E-state index in [4.69, 9.17) is 4.74 Å². The predicted octanol–water partition coefficient (Wildman–Crippen LogP) is 1.67. The van der Waals surface area contributed by atoms with Crippen LogP contribution in [0.3, 0.4) is 0 Å². The quantitative estimate of drug-likeness (QED) is 0.724. The van der Waals surface area contributed by atoms with Crippen molar-refractivity contribution in [3.05, 3.63) is 23.9 Å². The molecule has 100 valence electrons. The Morgan fingerprint density at radius 2 is 2.28 bits per heavy atom. The molecule has 5 nitrogen and oxygen atoms in total. The molecule has 1 rings (SSSR count). The fraction of sp³-hybridized carbons (Fsp3) is 0.538. The van der Waals surface area contributed by atoms with E-state index in [1.54, 1.807) is 18.3 Å². The number of carbonyl (C=O) groups is 1. The lowest BCUT2D eigenvalue weighted by atomic mass is 10.2. The van der Waals surface area contributed by atoms with Crippen LogP contribution in [-0.2, 0) is 4.74 Å². The smallest absolute Gasteiger partial charge is 0.251 e. The summed E-state index contributed by atoms with van der Waals surface area (Å²) in [4.78, 5) is 15.9. The Kier molecular flexibility index (Phi) is 6.14. The zero-order valence-electron chi connectivity index (χ0n) is 11.2. The first-order chi connectivity index (χ1) is 8.63. The van der Waals surface area contributed by atoms with E-state index in [1.807, 2.05) is 20.8 Å². The Bertz CT molecular complexity index is 380. The number of aromatic nitrogens is 1. The van der Waals surface area contributed by atoms with Crippen molar-refractivity contribution in [2.24, 2.45) is 0 Å². The van der Waals surface area contributed by atoms with Crippen molar-refractivity contribution >= 4 is 11.7 Å². The first kappa shape index (κ1) is 14.4. The van der Waals surface area contributed by atoms with Gasteiger partial charge in [0.15, 0.2) is 0 Å². The van der Waals surface area contributed by atoms with Crippen LogP contribution < -0.4 is 10.6 Å². The maximum atomic E-state index is 11.8. The average molecular weight is 251 g/mol. The van der Waals surface area contributed by atoms with Crippen LogP contribution in [0.4, 0.5) is 5.82 Å². The van der Waals surface area contributed by atoms with E-state index in [0.29, 0.717) is 24.5 Å². The molecule has 0 aliphatic rings. The van der Waals surface area contributed by atoms with E-state index < -0.39 is 0 Å². The van der Waals surface area contributed by atoms with Gasteiger partial charge in [-0.15, -0.1) is 0 Å². The molecule has 0 saturated heterocycles. The number of ether oxygens (including phenoxy) is 1. The molecule has 2 N–H and O–H groups in total. The molecule has 1 heterocycles. The predicted molar refractivity (Wildman–Crippen MR) is 71.8 cm³/mol. The lowest BCUT2D eigenvalue weighted by molar-refractivity contribution is 0.0746. The number of pyridine rings is 1. The summed E-state index contributed by atoms with van der Waals surface area (Å²) in [6, 6.07) is 3.43. The van der Waals surface area contributed by atoms with Crippen LogP contribution in [-0.4, -0.2) is 36.7 Å². The summed E-state index contributed by atoms with van der Waals surface area (Å²) in [5, 5.41) is 5.87. The largest absolute Gasteiger partial charge is 0.377 e. The van der Waals surface area contributed by atoms with E-state index >= 15 is 0 Å². The van der Waals surface area contributed by atoms with Crippen molar-refractivity contribution in [2.75, 3.05) is 25.0 Å². The minimum atomic E-state index is -0.107. The second-order valence-corrected chi connectivity index (χ2v) is 4.14. The summed E-state index contributed by atoms with van der Waals surface area (Å²) in [6.45, 7) is 7.73. The maximum absolute atomic E-state index is 11.8. The molecule has 1 aromatic heterocycles. The van der Waals surface area contributed by atoms with Gasteiger partial charge in [0.05, 0.1) is 12.7 Å². The van der Waals surface area contributed by atoms with Crippen molar-refractivity contribution in [3.8, 4) is 0 Å². The molecule has 0 fully saturated rings. The third-order valence-corrected chi connectivity index (χ3v) is 2.22. The lowest BCUT2D eigenvalue weighted by Gasteiger charge is -2.09. The minimum absolute atomic E-state index is 0.107. The van der Waals surface area contributed by atoms with E-state index in [9.17, 15) is 4.79 Å². The van der Waals surface area contributed by atoms with Crippen molar-refractivity contribution in [2.45, 2.75) is 26.9 Å². The fourth-order valence-corrected chi connectivity index (χ4v) is 1.41. The Morgan fingerprint density at radius 1 is 1.50 bits per heavy atom. The Balaban J connectivity index is 2.43. The molecule has 0 aliphatic carbocycles. The van der Waals surface area contributed by atoms with Crippen molar-refractivity contribution in [1.82, 2.24) is 10.3 Å². The summed E-state index contributed by atoms with van der Waals surface area (Å²) in [6.07, 6.45) is 1.81. The number of anilines is 1. The summed E-state index contributed by atoms with van der Waals surface area (Å²) < 4.78 is 5.35. The fourth-order valence-electron chi connectivity index (χ4n) is 1.41. The minimum Gasteiger partial charge on any atom is -0.377 e. The van der Waals surface area contributed by atoms with Crippen LogP contribution in [0.2, 0.25) is 0 Å². The topological polar surface area (TPSA) is 63.2 Å². The highest BCUT2D eigenvalue weighted by molar-refractivity contribution is 5.94. The Labute approximate surface area is 108 Å². The van der Waals surface area contributed by atoms with Gasteiger partial charge in [-0.1, -0.05) is 0 Å². The van der Waals surface area contributed by atoms with Crippen molar-refractivity contribution in [3.63, 3.8) is 0 Å². The zero-order valence-corrected chi connectivity index (χ0v) is 11.2. The van der Waals surface area contributed by atoms with Gasteiger partial charge in [0, 0.05) is 24.8 Å². The summed E-state index contributed by atoms with van der Waals surface area (Å²) in [5.74, 6) is 0.604. The van der Waals surface area contributed by atoms with Crippen LogP contribution in [0.1, 0.15) is 31.1 Å². The Morgan fingerprint density at radius 3 is 2.94 bits per heavy atom. The van der Waals surface area contributed by atoms with Crippen molar-refractivity contribution in [1.29, 1.82) is 0 Å². The molecular weight excluding hydrogens is 230 g/mol. The molecule has 18 heavy (non-hydrogen) atoms. The monoisotopic (exact) mass is 251 g/mol. The molecule has 0 atom stereocenters. The highest BCUT2D eigenvalue weighted by atomic mass is 16.5. The number of nitrogens with zero attached hydrogens (tertiary/aromatic N) is 1. The second kappa shape index (κ2) is 7.66. The summed E-state index contributed by atoms with van der Waals surface area (Å²) in [5.41, 5.74) is 0.602. The third-order valence-electron chi connectivity index (χ3n) is 2.22. The number of hydrogen-bond acceptors (Lipinski definition) is 4. The van der Waals surface area contributed by atoms with Gasteiger partial charge in [-0.25, -0.2) is 4.98 Å². The van der Waals surface area contributed by atoms with Gasteiger partial charge in [0.1, 0.15) is 5.82 Å². The molecule has 0 saturated carbocycles. The SMILES string of the molecule is CCNc1cc(C(=O)NCCOC(C)C)ccn1. The number of carbonyl (C=O) groups excluding carboxylic acids is 1. The standard InChI is InChI=1S/C13H21N3O2/c1-4-14-12-9-11(5-6-15-12)13(17)16-7-8-18-10(2)3/h5-6,9-10H,4,7-8H2,1-3H3,(H,14,15)(H,16,17). The van der Waals surface area contributed by atoms with Crippen LogP contribution >= 0.6 is 0 Å². The van der Waals surface area contributed by atoms with Crippen LogP contribution in [0.15, 0.2) is 18.3 Å². The van der Waals surface area contributed by atoms with Gasteiger partial charge in [-0.3, -0.25) is 4.79 Å². The number of amides is 1. The molecule has 0 radical (unpaired) electrons. The van der Waals surface area contributed by atoms with E-state index in [2.05, 4.69) is 15.6 Å². The van der Waals surface area contributed by atoms with Crippen LogP contribution in [0.25, 0.3) is 0 Å². The van der Waals surface area contributed by atoms with Gasteiger partial charge in [0.25, 0.3) is 5.91 Å². The molecule has 0 bridgehead atoms. The third kappa shape index (κ3) is 5.14. The average Bonchev–Trinajstić information content (AvgIpc) is 2.35. The summed E-state index contributed by atoms with van der Waals surface area (Å²) in [7, 11) is 0. The molecule has 1 aromatic rings. The highest BCUT2D eigenvalue weighted by Crippen LogP contribution is 2.06. The number of rotatable bonds is 7. The number of nitrogens with one attached hydrogen (secondary N) is 2. The van der Waals surface area contributed by atoms with E-state index in [-0.39, 0.29) is 12.0 Å². The molecule has 0 spiro atoms. The molecular formula is C13H21N3O2. The zero-order chi connectivity index (χ0) is 13.4.